The Bertz CT molecular complexity index is 704. The first-order chi connectivity index (χ1) is 14.3. The highest BCUT2D eigenvalue weighted by atomic mass is 16.5. The van der Waals surface area contributed by atoms with E-state index in [-0.39, 0.29) is 5.41 Å². The maximum absolute atomic E-state index is 10.8. The van der Waals surface area contributed by atoms with Crippen molar-refractivity contribution in [2.24, 2.45) is 40.4 Å². The maximum atomic E-state index is 10.8. The molecule has 0 saturated heterocycles. The molecule has 0 radical (unpaired) electrons. The lowest BCUT2D eigenvalue weighted by molar-refractivity contribution is -0.146. The maximum Gasteiger partial charge on any atom is 0.0657 e. The minimum absolute atomic E-state index is 0.178. The number of methoxy groups -OCH3 is 1. The van der Waals surface area contributed by atoms with Gasteiger partial charge in [0.2, 0.25) is 0 Å². The summed E-state index contributed by atoms with van der Waals surface area (Å²) in [7, 11) is 1.94. The Balaban J connectivity index is 1.61. The molecule has 3 saturated carbocycles. The predicted molar refractivity (Wildman–Crippen MR) is 127 cm³/mol. The van der Waals surface area contributed by atoms with Gasteiger partial charge in [0.15, 0.2) is 0 Å². The minimum atomic E-state index is -0.568. The van der Waals surface area contributed by atoms with Gasteiger partial charge in [0, 0.05) is 7.11 Å². The largest absolute Gasteiger partial charge is 0.390 e. The van der Waals surface area contributed by atoms with Crippen LogP contribution in [-0.4, -0.2) is 34.6 Å². The predicted octanol–water partition coefficient (Wildman–Crippen LogP) is 6.13. The van der Waals surface area contributed by atoms with E-state index in [4.69, 9.17) is 4.74 Å². The highest BCUT2D eigenvalue weighted by Crippen LogP contribution is 2.68. The Kier molecular flexibility index (Phi) is 6.01. The fourth-order valence-corrected chi connectivity index (χ4v) is 8.88. The first kappa shape index (κ1) is 23.8. The molecule has 3 heteroatoms. The Labute approximate surface area is 191 Å². The second kappa shape index (κ2) is 7.84. The van der Waals surface area contributed by atoms with Crippen LogP contribution >= 0.6 is 0 Å². The molecule has 0 heterocycles. The molecule has 0 bridgehead atoms. The summed E-state index contributed by atoms with van der Waals surface area (Å²) in [5, 5.41) is 21.0. The molecule has 178 valence electrons. The molecule has 0 amide bonds. The first-order valence-electron chi connectivity index (χ1n) is 13.0. The lowest BCUT2D eigenvalue weighted by Crippen LogP contribution is -2.57. The average molecular weight is 433 g/mol. The fraction of sp³-hybridized carbons (Fsp3) is 0.929. The molecule has 2 N–H and O–H groups in total. The van der Waals surface area contributed by atoms with Crippen molar-refractivity contribution >= 4 is 0 Å². The van der Waals surface area contributed by atoms with Crippen LogP contribution in [-0.2, 0) is 4.74 Å². The Morgan fingerprint density at radius 1 is 1.19 bits per heavy atom. The van der Waals surface area contributed by atoms with E-state index in [1.165, 1.54) is 24.8 Å². The van der Waals surface area contributed by atoms with Gasteiger partial charge in [0.25, 0.3) is 0 Å². The standard InChI is InChI=1S/C28H48O3/c1-18(12-13-25(2,3)29)21-10-11-22-20-9-8-19-16-26(4,30)14-15-27(19,5)24(20)23(31-7)17-28(21,22)6/h8,18,20-24,29-30H,9-17H2,1-7H3. The highest BCUT2D eigenvalue weighted by molar-refractivity contribution is 5.28. The normalized spacial score (nSPS) is 48.4. The molecule has 0 aromatic carbocycles. The van der Waals surface area contributed by atoms with Crippen molar-refractivity contribution in [2.45, 2.75) is 117 Å². The zero-order chi connectivity index (χ0) is 22.8. The van der Waals surface area contributed by atoms with E-state index in [2.05, 4.69) is 26.8 Å². The summed E-state index contributed by atoms with van der Waals surface area (Å²) in [5.41, 5.74) is 0.906. The molecular weight excluding hydrogens is 384 g/mol. The monoisotopic (exact) mass is 432 g/mol. The van der Waals surface area contributed by atoms with Crippen molar-refractivity contribution in [1.82, 2.24) is 0 Å². The summed E-state index contributed by atoms with van der Waals surface area (Å²) < 4.78 is 6.31. The van der Waals surface area contributed by atoms with E-state index in [0.29, 0.717) is 29.3 Å². The van der Waals surface area contributed by atoms with Crippen LogP contribution in [0.1, 0.15) is 99.3 Å². The van der Waals surface area contributed by atoms with Crippen LogP contribution < -0.4 is 0 Å². The molecule has 3 fully saturated rings. The van der Waals surface area contributed by atoms with Gasteiger partial charge in [-0.25, -0.2) is 0 Å². The first-order valence-corrected chi connectivity index (χ1v) is 13.0. The van der Waals surface area contributed by atoms with Crippen molar-refractivity contribution in [3.05, 3.63) is 11.6 Å². The summed E-state index contributed by atoms with van der Waals surface area (Å²) in [4.78, 5) is 0. The summed E-state index contributed by atoms with van der Waals surface area (Å²) in [5.74, 6) is 3.42. The third-order valence-corrected chi connectivity index (χ3v) is 10.6. The fourth-order valence-electron chi connectivity index (χ4n) is 8.88. The number of hydrogen-bond acceptors (Lipinski definition) is 3. The Hall–Kier alpha value is -0.380. The third kappa shape index (κ3) is 4.06. The van der Waals surface area contributed by atoms with Crippen molar-refractivity contribution < 1.29 is 14.9 Å². The van der Waals surface area contributed by atoms with Crippen molar-refractivity contribution in [2.75, 3.05) is 7.11 Å². The van der Waals surface area contributed by atoms with Gasteiger partial charge in [-0.15, -0.1) is 0 Å². The van der Waals surface area contributed by atoms with Crippen LogP contribution in [0.25, 0.3) is 0 Å². The van der Waals surface area contributed by atoms with E-state index < -0.39 is 11.2 Å². The van der Waals surface area contributed by atoms with Gasteiger partial charge in [-0.1, -0.05) is 32.4 Å². The van der Waals surface area contributed by atoms with Gasteiger partial charge in [-0.05, 0) is 119 Å². The highest BCUT2D eigenvalue weighted by Gasteiger charge is 2.62. The molecule has 4 rings (SSSR count). The van der Waals surface area contributed by atoms with Crippen molar-refractivity contribution in [3.63, 3.8) is 0 Å². The van der Waals surface area contributed by atoms with E-state index in [1.807, 2.05) is 27.9 Å². The zero-order valence-corrected chi connectivity index (χ0v) is 21.2. The smallest absolute Gasteiger partial charge is 0.0657 e. The lowest BCUT2D eigenvalue weighted by atomic mass is 9.45. The van der Waals surface area contributed by atoms with Gasteiger partial charge in [-0.3, -0.25) is 0 Å². The van der Waals surface area contributed by atoms with Crippen LogP contribution in [0.5, 0.6) is 0 Å². The number of hydrogen-bond donors (Lipinski definition) is 2. The van der Waals surface area contributed by atoms with E-state index >= 15 is 0 Å². The van der Waals surface area contributed by atoms with E-state index in [0.717, 1.165) is 50.4 Å². The molecule has 0 aromatic heterocycles. The summed E-state index contributed by atoms with van der Waals surface area (Å²) in [6.07, 6.45) is 12.7. The molecule has 4 aliphatic carbocycles. The number of aliphatic hydroxyl groups is 2. The van der Waals surface area contributed by atoms with E-state index in [1.54, 1.807) is 0 Å². The summed E-state index contributed by atoms with van der Waals surface area (Å²) >= 11 is 0. The van der Waals surface area contributed by atoms with Gasteiger partial charge in [0.05, 0.1) is 17.3 Å². The van der Waals surface area contributed by atoms with Crippen LogP contribution in [0.15, 0.2) is 11.6 Å². The molecule has 4 aliphatic rings. The van der Waals surface area contributed by atoms with Gasteiger partial charge < -0.3 is 14.9 Å². The third-order valence-electron chi connectivity index (χ3n) is 10.6. The number of fused-ring (bicyclic) bond motifs is 5. The molecule has 0 aromatic rings. The van der Waals surface area contributed by atoms with Gasteiger partial charge in [0.1, 0.15) is 0 Å². The molecule has 0 spiro atoms. The van der Waals surface area contributed by atoms with Crippen molar-refractivity contribution in [3.8, 4) is 0 Å². The topological polar surface area (TPSA) is 49.7 Å². The van der Waals surface area contributed by atoms with Crippen molar-refractivity contribution in [1.29, 1.82) is 0 Å². The second-order valence-corrected chi connectivity index (χ2v) is 13.3. The quantitative estimate of drug-likeness (QED) is 0.514. The van der Waals surface area contributed by atoms with Gasteiger partial charge >= 0.3 is 0 Å². The van der Waals surface area contributed by atoms with Crippen LogP contribution in [0.4, 0.5) is 0 Å². The Morgan fingerprint density at radius 2 is 1.90 bits per heavy atom. The zero-order valence-electron chi connectivity index (χ0n) is 21.2. The molecular formula is C28H48O3. The van der Waals surface area contributed by atoms with Crippen LogP contribution in [0, 0.1) is 40.4 Å². The minimum Gasteiger partial charge on any atom is -0.390 e. The SMILES string of the molecule is COC1CC2(C)C(C(C)CCC(C)(C)O)CCC2C2CC=C3CC(C)(O)CCC3(C)C12. The van der Waals surface area contributed by atoms with E-state index in [9.17, 15) is 10.2 Å². The molecule has 31 heavy (non-hydrogen) atoms. The lowest BCUT2D eigenvalue weighted by Gasteiger charge is -2.61. The average Bonchev–Trinajstić information content (AvgIpc) is 3.02. The number of ether oxygens (including phenoxy) is 1. The molecule has 9 unspecified atom stereocenters. The summed E-state index contributed by atoms with van der Waals surface area (Å²) in [6, 6.07) is 0. The molecule has 3 nitrogen and oxygen atoms in total. The molecule has 9 atom stereocenters. The Morgan fingerprint density at radius 3 is 2.55 bits per heavy atom. The second-order valence-electron chi connectivity index (χ2n) is 13.3. The van der Waals surface area contributed by atoms with Gasteiger partial charge in [-0.2, -0.15) is 0 Å². The van der Waals surface area contributed by atoms with Crippen LogP contribution in [0.3, 0.4) is 0 Å². The summed E-state index contributed by atoms with van der Waals surface area (Å²) in [6.45, 7) is 13.4. The molecule has 0 aliphatic heterocycles. The number of allylic oxidation sites excluding steroid dienone is 1. The number of rotatable bonds is 5. The van der Waals surface area contributed by atoms with Crippen LogP contribution in [0.2, 0.25) is 0 Å².